The van der Waals surface area contributed by atoms with Gasteiger partial charge in [-0.1, -0.05) is 6.92 Å². The minimum atomic E-state index is -4.47. The standard InChI is InChI=1S/C9H10F3NOS/c1-2-5-15-7-6(9(10,11)12)3-4-13-8(7)14/h3-4H,2,5H2,1H3,(H,13,14). The summed E-state index contributed by atoms with van der Waals surface area (Å²) in [5.41, 5.74) is -1.53. The third-order valence-corrected chi connectivity index (χ3v) is 2.98. The Bertz CT molecular complexity index is 386. The molecule has 1 rings (SSSR count). The van der Waals surface area contributed by atoms with Crippen LogP contribution in [0.5, 0.6) is 0 Å². The zero-order chi connectivity index (χ0) is 11.5. The average molecular weight is 237 g/mol. The lowest BCUT2D eigenvalue weighted by Crippen LogP contribution is -2.16. The molecule has 0 saturated heterocycles. The molecule has 0 aliphatic rings. The largest absolute Gasteiger partial charge is 0.417 e. The van der Waals surface area contributed by atoms with Gasteiger partial charge in [0, 0.05) is 6.20 Å². The molecule has 0 aliphatic carbocycles. The summed E-state index contributed by atoms with van der Waals surface area (Å²) >= 11 is 0.937. The maximum Gasteiger partial charge on any atom is 0.417 e. The third kappa shape index (κ3) is 3.02. The second-order valence-electron chi connectivity index (χ2n) is 2.90. The smallest absolute Gasteiger partial charge is 0.328 e. The number of aromatic amines is 1. The molecule has 0 aliphatic heterocycles. The summed E-state index contributed by atoms with van der Waals surface area (Å²) in [7, 11) is 0. The van der Waals surface area contributed by atoms with Gasteiger partial charge in [0.15, 0.2) is 0 Å². The fourth-order valence-electron chi connectivity index (χ4n) is 1.03. The highest BCUT2D eigenvalue weighted by Gasteiger charge is 2.34. The molecule has 2 nitrogen and oxygen atoms in total. The number of nitrogens with one attached hydrogen (secondary N) is 1. The molecule has 1 aromatic heterocycles. The predicted octanol–water partition coefficient (Wildman–Crippen LogP) is 2.90. The predicted molar refractivity (Wildman–Crippen MR) is 53.1 cm³/mol. The van der Waals surface area contributed by atoms with E-state index in [9.17, 15) is 18.0 Å². The number of hydrogen-bond donors (Lipinski definition) is 1. The second kappa shape index (κ2) is 4.74. The molecule has 0 radical (unpaired) electrons. The molecule has 0 aromatic carbocycles. The number of H-pyrrole nitrogens is 1. The van der Waals surface area contributed by atoms with E-state index >= 15 is 0 Å². The summed E-state index contributed by atoms with van der Waals surface area (Å²) in [6.07, 6.45) is -2.73. The summed E-state index contributed by atoms with van der Waals surface area (Å²) in [5, 5.41) is 0. The van der Waals surface area contributed by atoms with Gasteiger partial charge in [0.1, 0.15) is 0 Å². The highest BCUT2D eigenvalue weighted by atomic mass is 32.2. The number of thioether (sulfide) groups is 1. The molecule has 0 bridgehead atoms. The molecule has 1 heterocycles. The first-order valence-corrected chi connectivity index (χ1v) is 5.37. The lowest BCUT2D eigenvalue weighted by atomic mass is 10.2. The van der Waals surface area contributed by atoms with E-state index in [1.165, 1.54) is 0 Å². The van der Waals surface area contributed by atoms with Crippen molar-refractivity contribution in [3.8, 4) is 0 Å². The third-order valence-electron chi connectivity index (χ3n) is 1.67. The Balaban J connectivity index is 3.15. The molecule has 1 aromatic rings. The molecule has 84 valence electrons. The van der Waals surface area contributed by atoms with Crippen LogP contribution in [0.3, 0.4) is 0 Å². The van der Waals surface area contributed by atoms with Gasteiger partial charge in [0.2, 0.25) is 0 Å². The van der Waals surface area contributed by atoms with Gasteiger partial charge in [-0.05, 0) is 18.2 Å². The van der Waals surface area contributed by atoms with Crippen LogP contribution in [0.25, 0.3) is 0 Å². The highest BCUT2D eigenvalue weighted by Crippen LogP contribution is 2.34. The number of rotatable bonds is 3. The van der Waals surface area contributed by atoms with Crippen LogP contribution in [-0.4, -0.2) is 10.7 Å². The molecule has 6 heteroatoms. The van der Waals surface area contributed by atoms with Gasteiger partial charge in [-0.3, -0.25) is 4.79 Å². The van der Waals surface area contributed by atoms with E-state index in [1.54, 1.807) is 0 Å². The van der Waals surface area contributed by atoms with Crippen LogP contribution in [0.4, 0.5) is 13.2 Å². The van der Waals surface area contributed by atoms with Crippen molar-refractivity contribution in [2.75, 3.05) is 5.75 Å². The van der Waals surface area contributed by atoms with Crippen LogP contribution in [0, 0.1) is 0 Å². The Hall–Kier alpha value is -0.910. The summed E-state index contributed by atoms with van der Waals surface area (Å²) in [5.74, 6) is 0.496. The summed E-state index contributed by atoms with van der Waals surface area (Å²) < 4.78 is 37.5. The van der Waals surface area contributed by atoms with E-state index in [-0.39, 0.29) is 4.90 Å². The van der Waals surface area contributed by atoms with Crippen LogP contribution in [0.2, 0.25) is 0 Å². The summed E-state index contributed by atoms with van der Waals surface area (Å²) in [4.78, 5) is 13.2. The number of pyridine rings is 1. The van der Waals surface area contributed by atoms with E-state index in [2.05, 4.69) is 4.98 Å². The van der Waals surface area contributed by atoms with Crippen molar-refractivity contribution in [1.82, 2.24) is 4.98 Å². The Morgan fingerprint density at radius 3 is 2.67 bits per heavy atom. The lowest BCUT2D eigenvalue weighted by Gasteiger charge is -2.10. The van der Waals surface area contributed by atoms with Crippen LogP contribution in [0.1, 0.15) is 18.9 Å². The number of aromatic nitrogens is 1. The van der Waals surface area contributed by atoms with E-state index < -0.39 is 17.3 Å². The van der Waals surface area contributed by atoms with Crippen molar-refractivity contribution in [2.24, 2.45) is 0 Å². The van der Waals surface area contributed by atoms with E-state index in [0.29, 0.717) is 5.75 Å². The minimum Gasteiger partial charge on any atom is -0.328 e. The average Bonchev–Trinajstić information content (AvgIpc) is 2.14. The molecule has 0 unspecified atom stereocenters. The Kier molecular flexibility index (Phi) is 3.84. The van der Waals surface area contributed by atoms with Gasteiger partial charge in [0.25, 0.3) is 5.56 Å². The van der Waals surface area contributed by atoms with Gasteiger partial charge >= 0.3 is 6.18 Å². The maximum atomic E-state index is 12.5. The van der Waals surface area contributed by atoms with Crippen molar-refractivity contribution in [3.05, 3.63) is 28.2 Å². The second-order valence-corrected chi connectivity index (χ2v) is 4.00. The van der Waals surface area contributed by atoms with E-state index in [4.69, 9.17) is 0 Å². The van der Waals surface area contributed by atoms with Crippen molar-refractivity contribution < 1.29 is 13.2 Å². The quantitative estimate of drug-likeness (QED) is 0.820. The van der Waals surface area contributed by atoms with Crippen molar-refractivity contribution in [1.29, 1.82) is 0 Å². The lowest BCUT2D eigenvalue weighted by molar-refractivity contribution is -0.139. The molecule has 0 atom stereocenters. The normalized spacial score (nSPS) is 11.7. The SMILES string of the molecule is CCCSc1c(C(F)(F)F)cc[nH]c1=O. The monoisotopic (exact) mass is 237 g/mol. The van der Waals surface area contributed by atoms with Gasteiger partial charge in [0.05, 0.1) is 10.5 Å². The Morgan fingerprint density at radius 2 is 2.13 bits per heavy atom. The van der Waals surface area contributed by atoms with E-state index in [1.807, 2.05) is 6.92 Å². The molecule has 1 N–H and O–H groups in total. The first-order chi connectivity index (χ1) is 6.96. The Labute approximate surface area is 88.9 Å². The zero-order valence-electron chi connectivity index (χ0n) is 8.02. The molecular formula is C9H10F3NOS. The minimum absolute atomic E-state index is 0.244. The zero-order valence-corrected chi connectivity index (χ0v) is 8.84. The van der Waals surface area contributed by atoms with Gasteiger partial charge in [-0.15, -0.1) is 11.8 Å². The van der Waals surface area contributed by atoms with Crippen molar-refractivity contribution in [3.63, 3.8) is 0 Å². The van der Waals surface area contributed by atoms with Crippen LogP contribution in [-0.2, 0) is 6.18 Å². The van der Waals surface area contributed by atoms with Crippen molar-refractivity contribution in [2.45, 2.75) is 24.4 Å². The van der Waals surface area contributed by atoms with E-state index in [0.717, 1.165) is 30.4 Å². The molecule has 0 spiro atoms. The number of alkyl halides is 3. The maximum absolute atomic E-state index is 12.5. The fraction of sp³-hybridized carbons (Fsp3) is 0.444. The molecule has 0 saturated carbocycles. The Morgan fingerprint density at radius 1 is 1.47 bits per heavy atom. The number of hydrogen-bond acceptors (Lipinski definition) is 2. The topological polar surface area (TPSA) is 32.9 Å². The first kappa shape index (κ1) is 12.2. The summed E-state index contributed by atoms with van der Waals surface area (Å²) in [6.45, 7) is 1.84. The first-order valence-electron chi connectivity index (χ1n) is 4.38. The fourth-order valence-corrected chi connectivity index (χ4v) is 1.97. The molecular weight excluding hydrogens is 227 g/mol. The van der Waals surface area contributed by atoms with Gasteiger partial charge in [-0.25, -0.2) is 0 Å². The number of halogens is 3. The molecule has 15 heavy (non-hydrogen) atoms. The van der Waals surface area contributed by atoms with Crippen LogP contribution in [0.15, 0.2) is 22.0 Å². The molecule has 0 fully saturated rings. The summed E-state index contributed by atoms with van der Waals surface area (Å²) in [6, 6.07) is 0.888. The van der Waals surface area contributed by atoms with Gasteiger partial charge in [-0.2, -0.15) is 13.2 Å². The van der Waals surface area contributed by atoms with Crippen LogP contribution < -0.4 is 5.56 Å². The highest BCUT2D eigenvalue weighted by molar-refractivity contribution is 7.99. The van der Waals surface area contributed by atoms with Gasteiger partial charge < -0.3 is 4.98 Å². The molecule has 0 amide bonds. The van der Waals surface area contributed by atoms with Crippen molar-refractivity contribution >= 4 is 11.8 Å². The van der Waals surface area contributed by atoms with Crippen LogP contribution >= 0.6 is 11.8 Å².